The molecule has 0 spiro atoms. The van der Waals surface area contributed by atoms with E-state index >= 15 is 0 Å². The lowest BCUT2D eigenvalue weighted by molar-refractivity contribution is 0.143. The Labute approximate surface area is 109 Å². The van der Waals surface area contributed by atoms with Crippen molar-refractivity contribution in [3.05, 3.63) is 11.6 Å². The summed E-state index contributed by atoms with van der Waals surface area (Å²) < 4.78 is 1.94. The number of aromatic nitrogens is 3. The average molecular weight is 251 g/mol. The normalized spacial score (nSPS) is 19.7. The van der Waals surface area contributed by atoms with E-state index in [0.717, 1.165) is 18.1 Å². The lowest BCUT2D eigenvalue weighted by Crippen LogP contribution is -2.19. The molecule has 1 heterocycles. The topological polar surface area (TPSA) is 50.9 Å². The zero-order chi connectivity index (χ0) is 13.0. The fourth-order valence-corrected chi connectivity index (χ4v) is 2.77. The lowest BCUT2D eigenvalue weighted by Gasteiger charge is -2.16. The maximum atomic E-state index is 9.81. The van der Waals surface area contributed by atoms with Crippen molar-refractivity contribution >= 4 is 0 Å². The molecule has 1 unspecified atom stereocenters. The molecule has 0 saturated heterocycles. The molecule has 0 aliphatic heterocycles. The average Bonchev–Trinajstić information content (AvgIpc) is 2.58. The van der Waals surface area contributed by atoms with Gasteiger partial charge in [0.05, 0.1) is 12.6 Å². The fourth-order valence-electron chi connectivity index (χ4n) is 2.77. The van der Waals surface area contributed by atoms with Gasteiger partial charge in [-0.15, -0.1) is 0 Å². The molecule has 1 aliphatic rings. The summed E-state index contributed by atoms with van der Waals surface area (Å²) >= 11 is 0. The van der Waals surface area contributed by atoms with Gasteiger partial charge in [-0.2, -0.15) is 5.10 Å². The Hall–Kier alpha value is -0.900. The van der Waals surface area contributed by atoms with Crippen molar-refractivity contribution < 1.29 is 5.11 Å². The van der Waals surface area contributed by atoms with Gasteiger partial charge in [0.25, 0.3) is 0 Å². The SMILES string of the molecule is CCC(O)Cn1nc(C)nc1C1CCCCCC1. The van der Waals surface area contributed by atoms with Gasteiger partial charge in [0.2, 0.25) is 0 Å². The van der Waals surface area contributed by atoms with E-state index in [2.05, 4.69) is 10.1 Å². The van der Waals surface area contributed by atoms with Crippen LogP contribution in [0.25, 0.3) is 0 Å². The zero-order valence-corrected chi connectivity index (χ0v) is 11.6. The first-order valence-electron chi connectivity index (χ1n) is 7.30. The van der Waals surface area contributed by atoms with Crippen molar-refractivity contribution in [2.24, 2.45) is 0 Å². The van der Waals surface area contributed by atoms with Gasteiger partial charge in [0.1, 0.15) is 11.6 Å². The van der Waals surface area contributed by atoms with E-state index in [4.69, 9.17) is 0 Å². The van der Waals surface area contributed by atoms with Crippen LogP contribution in [0.5, 0.6) is 0 Å². The van der Waals surface area contributed by atoms with Gasteiger partial charge in [-0.25, -0.2) is 9.67 Å². The first-order valence-corrected chi connectivity index (χ1v) is 7.30. The van der Waals surface area contributed by atoms with Crippen LogP contribution in [0, 0.1) is 6.92 Å². The van der Waals surface area contributed by atoms with E-state index in [0.29, 0.717) is 12.5 Å². The summed E-state index contributed by atoms with van der Waals surface area (Å²) in [7, 11) is 0. The van der Waals surface area contributed by atoms with Crippen LogP contribution in [-0.2, 0) is 6.54 Å². The molecule has 0 aromatic carbocycles. The minimum Gasteiger partial charge on any atom is -0.391 e. The van der Waals surface area contributed by atoms with Crippen LogP contribution in [0.1, 0.15) is 69.4 Å². The Kier molecular flexibility index (Phi) is 4.75. The summed E-state index contributed by atoms with van der Waals surface area (Å²) in [6, 6.07) is 0. The van der Waals surface area contributed by atoms with Crippen LogP contribution in [0.4, 0.5) is 0 Å². The van der Waals surface area contributed by atoms with Gasteiger partial charge >= 0.3 is 0 Å². The molecule has 4 nitrogen and oxygen atoms in total. The third-order valence-electron chi connectivity index (χ3n) is 3.88. The number of aliphatic hydroxyl groups is 1. The van der Waals surface area contributed by atoms with Crippen LogP contribution >= 0.6 is 0 Å². The molecule has 1 N–H and O–H groups in total. The smallest absolute Gasteiger partial charge is 0.147 e. The summed E-state index contributed by atoms with van der Waals surface area (Å²) in [6.45, 7) is 4.53. The highest BCUT2D eigenvalue weighted by atomic mass is 16.3. The summed E-state index contributed by atoms with van der Waals surface area (Å²) in [5.74, 6) is 2.47. The van der Waals surface area contributed by atoms with Gasteiger partial charge in [0, 0.05) is 5.92 Å². The Morgan fingerprint density at radius 3 is 2.56 bits per heavy atom. The summed E-state index contributed by atoms with van der Waals surface area (Å²) in [6.07, 6.45) is 8.20. The van der Waals surface area contributed by atoms with Gasteiger partial charge in [-0.3, -0.25) is 0 Å². The molecular weight excluding hydrogens is 226 g/mol. The molecule has 1 aliphatic carbocycles. The van der Waals surface area contributed by atoms with Crippen molar-refractivity contribution in [3.63, 3.8) is 0 Å². The minimum absolute atomic E-state index is 0.310. The van der Waals surface area contributed by atoms with Crippen molar-refractivity contribution in [1.82, 2.24) is 14.8 Å². The molecule has 0 radical (unpaired) electrons. The maximum Gasteiger partial charge on any atom is 0.147 e. The Bertz CT molecular complexity index is 367. The van der Waals surface area contributed by atoms with E-state index in [9.17, 15) is 5.11 Å². The molecule has 2 rings (SSSR count). The third-order valence-corrected chi connectivity index (χ3v) is 3.88. The molecule has 4 heteroatoms. The maximum absolute atomic E-state index is 9.81. The third kappa shape index (κ3) is 3.31. The van der Waals surface area contributed by atoms with Crippen molar-refractivity contribution in [2.45, 2.75) is 77.4 Å². The predicted molar refractivity (Wildman–Crippen MR) is 71.5 cm³/mol. The Morgan fingerprint density at radius 1 is 1.28 bits per heavy atom. The van der Waals surface area contributed by atoms with E-state index in [1.165, 1.54) is 38.5 Å². The highest BCUT2D eigenvalue weighted by Crippen LogP contribution is 2.30. The first-order chi connectivity index (χ1) is 8.70. The van der Waals surface area contributed by atoms with Crippen molar-refractivity contribution in [3.8, 4) is 0 Å². The number of rotatable bonds is 4. The second-order valence-corrected chi connectivity index (χ2v) is 5.45. The highest BCUT2D eigenvalue weighted by Gasteiger charge is 2.21. The van der Waals surface area contributed by atoms with Crippen molar-refractivity contribution in [1.29, 1.82) is 0 Å². The monoisotopic (exact) mass is 251 g/mol. The number of hydrogen-bond donors (Lipinski definition) is 1. The van der Waals surface area contributed by atoms with Crippen LogP contribution in [-0.4, -0.2) is 26.0 Å². The van der Waals surface area contributed by atoms with Gasteiger partial charge < -0.3 is 5.11 Å². The summed E-state index contributed by atoms with van der Waals surface area (Å²) in [4.78, 5) is 4.60. The molecule has 1 fully saturated rings. The Morgan fingerprint density at radius 2 is 1.94 bits per heavy atom. The van der Waals surface area contributed by atoms with E-state index in [1.54, 1.807) is 0 Å². The fraction of sp³-hybridized carbons (Fsp3) is 0.857. The number of aliphatic hydroxyl groups excluding tert-OH is 1. The first kappa shape index (κ1) is 13.5. The van der Waals surface area contributed by atoms with Crippen LogP contribution < -0.4 is 0 Å². The standard InChI is InChI=1S/C14H25N3O/c1-3-13(18)10-17-14(15-11(2)16-17)12-8-6-4-5-7-9-12/h12-13,18H,3-10H2,1-2H3. The second-order valence-electron chi connectivity index (χ2n) is 5.45. The summed E-state index contributed by atoms with van der Waals surface area (Å²) in [5.41, 5.74) is 0. The minimum atomic E-state index is -0.310. The number of nitrogens with zero attached hydrogens (tertiary/aromatic N) is 3. The predicted octanol–water partition coefficient (Wildman–Crippen LogP) is 2.80. The van der Waals surface area contributed by atoms with E-state index < -0.39 is 0 Å². The molecule has 1 aromatic rings. The Balaban J connectivity index is 2.14. The number of aryl methyl sites for hydroxylation is 1. The highest BCUT2D eigenvalue weighted by molar-refractivity contribution is 5.00. The number of hydrogen-bond acceptors (Lipinski definition) is 3. The molecular formula is C14H25N3O. The molecule has 102 valence electrons. The molecule has 1 atom stereocenters. The molecule has 1 aromatic heterocycles. The second kappa shape index (κ2) is 6.32. The van der Waals surface area contributed by atoms with Gasteiger partial charge in [-0.1, -0.05) is 32.6 Å². The molecule has 0 amide bonds. The van der Waals surface area contributed by atoms with Gasteiger partial charge in [0.15, 0.2) is 0 Å². The van der Waals surface area contributed by atoms with Crippen LogP contribution in [0.2, 0.25) is 0 Å². The van der Waals surface area contributed by atoms with Gasteiger partial charge in [-0.05, 0) is 26.2 Å². The van der Waals surface area contributed by atoms with Crippen LogP contribution in [0.3, 0.4) is 0 Å². The lowest BCUT2D eigenvalue weighted by atomic mass is 9.99. The van der Waals surface area contributed by atoms with Crippen LogP contribution in [0.15, 0.2) is 0 Å². The molecule has 1 saturated carbocycles. The summed E-state index contributed by atoms with van der Waals surface area (Å²) in [5, 5.41) is 14.3. The zero-order valence-electron chi connectivity index (χ0n) is 11.6. The van der Waals surface area contributed by atoms with E-state index in [1.807, 2.05) is 18.5 Å². The van der Waals surface area contributed by atoms with Crippen molar-refractivity contribution in [2.75, 3.05) is 0 Å². The quantitative estimate of drug-likeness (QED) is 0.837. The van der Waals surface area contributed by atoms with E-state index in [-0.39, 0.29) is 6.10 Å². The molecule has 18 heavy (non-hydrogen) atoms. The molecule has 0 bridgehead atoms. The largest absolute Gasteiger partial charge is 0.391 e.